The van der Waals surface area contributed by atoms with Gasteiger partial charge in [0, 0.05) is 0 Å². The maximum Gasteiger partial charge on any atom is 0.231 e. The molecule has 0 spiro atoms. The third-order valence-corrected chi connectivity index (χ3v) is 4.12. The van der Waals surface area contributed by atoms with Crippen LogP contribution in [0.1, 0.15) is 24.9 Å². The molecule has 1 aliphatic heterocycles. The highest BCUT2D eigenvalue weighted by Crippen LogP contribution is 2.35. The lowest BCUT2D eigenvalue weighted by Gasteiger charge is -2.15. The molecule has 1 aliphatic rings. The smallest absolute Gasteiger partial charge is 0.231 e. The average Bonchev–Trinajstić information content (AvgIpc) is 3.26. The van der Waals surface area contributed by atoms with Crippen LogP contribution < -0.4 is 14.8 Å². The molecule has 126 valence electrons. The van der Waals surface area contributed by atoms with Gasteiger partial charge in [-0.25, -0.2) is 14.6 Å². The number of aryl methyl sites for hydroxylation is 1. The molecule has 0 saturated heterocycles. The fourth-order valence-corrected chi connectivity index (χ4v) is 2.80. The van der Waals surface area contributed by atoms with E-state index in [0.717, 1.165) is 22.4 Å². The van der Waals surface area contributed by atoms with Gasteiger partial charge in [0.2, 0.25) is 6.79 Å². The summed E-state index contributed by atoms with van der Waals surface area (Å²) in [5.41, 5.74) is 1.78. The summed E-state index contributed by atoms with van der Waals surface area (Å²) in [4.78, 5) is 8.63. The van der Waals surface area contributed by atoms with E-state index in [1.54, 1.807) is 10.9 Å². The number of anilines is 1. The summed E-state index contributed by atoms with van der Waals surface area (Å²) in [6.07, 6.45) is 3.61. The normalized spacial score (nSPS) is 13.6. The topological polar surface area (TPSA) is 97.9 Å². The summed E-state index contributed by atoms with van der Waals surface area (Å²) >= 11 is 0. The maximum absolute atomic E-state index is 8.75. The Morgan fingerprint density at radius 1 is 1.32 bits per heavy atom. The summed E-state index contributed by atoms with van der Waals surface area (Å²) in [6, 6.07) is 8.00. The number of nitrogens with zero attached hydrogens (tertiary/aromatic N) is 5. The quantitative estimate of drug-likeness (QED) is 0.764. The van der Waals surface area contributed by atoms with Crippen molar-refractivity contribution in [2.75, 3.05) is 12.1 Å². The van der Waals surface area contributed by atoms with Crippen LogP contribution in [0.4, 0.5) is 5.82 Å². The van der Waals surface area contributed by atoms with Gasteiger partial charge in [-0.1, -0.05) is 6.07 Å². The minimum Gasteiger partial charge on any atom is -0.454 e. The van der Waals surface area contributed by atoms with Crippen molar-refractivity contribution in [2.45, 2.75) is 25.9 Å². The Bertz CT molecular complexity index is 961. The SMILES string of the molecule is C[C@@H](Nc1ncnc2c1cnn2CCC#N)c1ccc2c(c1)OCO2. The monoisotopic (exact) mass is 336 g/mol. The van der Waals surface area contributed by atoms with Crippen LogP contribution in [0.2, 0.25) is 0 Å². The Morgan fingerprint density at radius 3 is 3.08 bits per heavy atom. The van der Waals surface area contributed by atoms with E-state index >= 15 is 0 Å². The number of hydrogen-bond donors (Lipinski definition) is 1. The van der Waals surface area contributed by atoms with Crippen molar-refractivity contribution in [1.29, 1.82) is 5.26 Å². The fourth-order valence-electron chi connectivity index (χ4n) is 2.80. The van der Waals surface area contributed by atoms with Gasteiger partial charge in [0.1, 0.15) is 12.1 Å². The fraction of sp³-hybridized carbons (Fsp3) is 0.294. The Morgan fingerprint density at radius 2 is 2.20 bits per heavy atom. The van der Waals surface area contributed by atoms with Gasteiger partial charge in [-0.3, -0.25) is 0 Å². The number of rotatable bonds is 5. The van der Waals surface area contributed by atoms with Crippen LogP contribution in [0.5, 0.6) is 11.5 Å². The number of hydrogen-bond acceptors (Lipinski definition) is 7. The van der Waals surface area contributed by atoms with E-state index < -0.39 is 0 Å². The highest BCUT2D eigenvalue weighted by molar-refractivity contribution is 5.86. The number of aromatic nitrogens is 4. The van der Waals surface area contributed by atoms with Gasteiger partial charge in [-0.2, -0.15) is 10.4 Å². The molecule has 0 fully saturated rings. The van der Waals surface area contributed by atoms with Gasteiger partial charge in [-0.15, -0.1) is 0 Å². The van der Waals surface area contributed by atoms with Crippen molar-refractivity contribution in [2.24, 2.45) is 0 Å². The molecule has 0 bridgehead atoms. The van der Waals surface area contributed by atoms with Gasteiger partial charge >= 0.3 is 0 Å². The highest BCUT2D eigenvalue weighted by atomic mass is 16.7. The van der Waals surface area contributed by atoms with Crippen LogP contribution >= 0.6 is 0 Å². The molecule has 0 unspecified atom stereocenters. The van der Waals surface area contributed by atoms with E-state index in [2.05, 4.69) is 26.5 Å². The molecule has 0 radical (unpaired) electrons. The van der Waals surface area contributed by atoms with Gasteiger partial charge in [0.25, 0.3) is 0 Å². The van der Waals surface area contributed by atoms with E-state index in [0.29, 0.717) is 24.4 Å². The lowest BCUT2D eigenvalue weighted by molar-refractivity contribution is 0.174. The first-order chi connectivity index (χ1) is 12.3. The summed E-state index contributed by atoms with van der Waals surface area (Å²) in [7, 11) is 0. The highest BCUT2D eigenvalue weighted by Gasteiger charge is 2.17. The first-order valence-corrected chi connectivity index (χ1v) is 7.96. The number of ether oxygens (including phenoxy) is 2. The zero-order valence-electron chi connectivity index (χ0n) is 13.6. The van der Waals surface area contributed by atoms with Crippen LogP contribution in [-0.4, -0.2) is 26.5 Å². The second kappa shape index (κ2) is 6.28. The third-order valence-electron chi connectivity index (χ3n) is 4.12. The van der Waals surface area contributed by atoms with E-state index in [-0.39, 0.29) is 12.8 Å². The maximum atomic E-state index is 8.75. The van der Waals surface area contributed by atoms with Crippen molar-refractivity contribution >= 4 is 16.9 Å². The lowest BCUT2D eigenvalue weighted by atomic mass is 10.1. The molecule has 1 atom stereocenters. The second-order valence-corrected chi connectivity index (χ2v) is 5.71. The second-order valence-electron chi connectivity index (χ2n) is 5.71. The van der Waals surface area contributed by atoms with Gasteiger partial charge in [0.05, 0.1) is 36.7 Å². The van der Waals surface area contributed by atoms with E-state index in [1.165, 1.54) is 6.33 Å². The number of benzene rings is 1. The van der Waals surface area contributed by atoms with E-state index in [4.69, 9.17) is 14.7 Å². The molecule has 1 N–H and O–H groups in total. The summed E-state index contributed by atoms with van der Waals surface area (Å²) in [5, 5.41) is 17.3. The van der Waals surface area contributed by atoms with Crippen molar-refractivity contribution < 1.29 is 9.47 Å². The Labute approximate surface area is 144 Å². The van der Waals surface area contributed by atoms with Crippen molar-refractivity contribution in [1.82, 2.24) is 19.7 Å². The molecular formula is C17H16N6O2. The van der Waals surface area contributed by atoms with Crippen LogP contribution in [0.3, 0.4) is 0 Å². The predicted molar refractivity (Wildman–Crippen MR) is 90.2 cm³/mol. The largest absolute Gasteiger partial charge is 0.454 e. The van der Waals surface area contributed by atoms with Crippen LogP contribution in [0.15, 0.2) is 30.7 Å². The van der Waals surface area contributed by atoms with Crippen LogP contribution in [0, 0.1) is 11.3 Å². The molecule has 0 aliphatic carbocycles. The molecule has 8 nitrogen and oxygen atoms in total. The zero-order chi connectivity index (χ0) is 17.2. The van der Waals surface area contributed by atoms with Crippen molar-refractivity contribution in [3.05, 3.63) is 36.3 Å². The summed E-state index contributed by atoms with van der Waals surface area (Å²) < 4.78 is 12.5. The Hall–Kier alpha value is -3.34. The molecule has 2 aromatic heterocycles. The number of nitrogens with one attached hydrogen (secondary N) is 1. The minimum absolute atomic E-state index is 0.00931. The first-order valence-electron chi connectivity index (χ1n) is 7.96. The molecule has 8 heteroatoms. The first kappa shape index (κ1) is 15.2. The van der Waals surface area contributed by atoms with E-state index in [9.17, 15) is 0 Å². The molecular weight excluding hydrogens is 320 g/mol. The van der Waals surface area contributed by atoms with Gasteiger partial charge < -0.3 is 14.8 Å². The van der Waals surface area contributed by atoms with Crippen LogP contribution in [0.25, 0.3) is 11.0 Å². The standard InChI is InChI=1S/C17H16N6O2/c1-11(12-3-4-14-15(7-12)25-10-24-14)22-16-13-8-21-23(6-2-5-18)17(13)20-9-19-16/h3-4,7-9,11H,2,6,10H2,1H3,(H,19,20,22)/t11-/m1/s1. The number of nitriles is 1. The van der Waals surface area contributed by atoms with Crippen LogP contribution in [-0.2, 0) is 6.54 Å². The summed E-state index contributed by atoms with van der Waals surface area (Å²) in [6.45, 7) is 2.81. The molecule has 0 saturated carbocycles. The van der Waals surface area contributed by atoms with Gasteiger partial charge in [-0.05, 0) is 24.6 Å². The van der Waals surface area contributed by atoms with Gasteiger partial charge in [0.15, 0.2) is 17.1 Å². The number of fused-ring (bicyclic) bond motifs is 2. The zero-order valence-corrected chi connectivity index (χ0v) is 13.6. The summed E-state index contributed by atoms with van der Waals surface area (Å²) in [5.74, 6) is 2.22. The molecule has 0 amide bonds. The van der Waals surface area contributed by atoms with E-state index in [1.807, 2.05) is 25.1 Å². The molecule has 25 heavy (non-hydrogen) atoms. The lowest BCUT2D eigenvalue weighted by Crippen LogP contribution is -2.09. The van der Waals surface area contributed by atoms with Crippen molar-refractivity contribution in [3.8, 4) is 17.6 Å². The predicted octanol–water partition coefficient (Wildman–Crippen LogP) is 2.64. The Kier molecular flexibility index (Phi) is 3.82. The molecule has 1 aromatic carbocycles. The Balaban J connectivity index is 1.60. The molecule has 3 heterocycles. The minimum atomic E-state index is 0.00931. The molecule has 3 aromatic rings. The third kappa shape index (κ3) is 2.80. The van der Waals surface area contributed by atoms with Crippen molar-refractivity contribution in [3.63, 3.8) is 0 Å². The average molecular weight is 336 g/mol. The molecule has 4 rings (SSSR count).